The van der Waals surface area contributed by atoms with Crippen LogP contribution >= 0.6 is 15.9 Å². The first-order chi connectivity index (χ1) is 20.0. The van der Waals surface area contributed by atoms with Gasteiger partial charge in [0.2, 0.25) is 0 Å². The van der Waals surface area contributed by atoms with Crippen molar-refractivity contribution in [3.8, 4) is 11.3 Å². The molecule has 42 heavy (non-hydrogen) atoms. The fourth-order valence-corrected chi connectivity index (χ4v) is 6.10. The van der Waals surface area contributed by atoms with Crippen LogP contribution in [0.2, 0.25) is 0 Å². The molecule has 2 aliphatic heterocycles. The molecule has 2 saturated heterocycles. The van der Waals surface area contributed by atoms with Crippen LogP contribution in [0.3, 0.4) is 0 Å². The van der Waals surface area contributed by atoms with Gasteiger partial charge < -0.3 is 34.4 Å². The minimum atomic E-state index is -1.43. The molecule has 7 atom stereocenters. The number of hydrogen-bond acceptors (Lipinski definition) is 9. The molecule has 226 valence electrons. The van der Waals surface area contributed by atoms with E-state index >= 15 is 0 Å². The van der Waals surface area contributed by atoms with Crippen LogP contribution in [-0.2, 0) is 19.0 Å². The van der Waals surface area contributed by atoms with Crippen molar-refractivity contribution >= 4 is 27.5 Å². The molecule has 2 aliphatic rings. The lowest BCUT2D eigenvalue weighted by Crippen LogP contribution is -2.63. The van der Waals surface area contributed by atoms with Gasteiger partial charge in [-0.1, -0.05) is 27.2 Å². The Morgan fingerprint density at radius 3 is 2.60 bits per heavy atom. The Kier molecular flexibility index (Phi) is 9.04. The third-order valence-electron chi connectivity index (χ3n) is 7.65. The van der Waals surface area contributed by atoms with Gasteiger partial charge in [0.25, 0.3) is 5.91 Å². The van der Waals surface area contributed by atoms with E-state index < -0.39 is 66.8 Å². The van der Waals surface area contributed by atoms with Gasteiger partial charge in [-0.25, -0.2) is 13.5 Å². The summed E-state index contributed by atoms with van der Waals surface area (Å²) in [5.41, 5.74) is 1.27. The minimum Gasteiger partial charge on any atom is -0.394 e. The van der Waals surface area contributed by atoms with E-state index in [2.05, 4.69) is 26.2 Å². The summed E-state index contributed by atoms with van der Waals surface area (Å²) in [7, 11) is 1.32. The summed E-state index contributed by atoms with van der Waals surface area (Å²) in [5.74, 6) is -2.73. The summed E-state index contributed by atoms with van der Waals surface area (Å²) in [6.07, 6.45) is -4.94. The van der Waals surface area contributed by atoms with E-state index in [1.165, 1.54) is 41.9 Å². The second kappa shape index (κ2) is 12.4. The van der Waals surface area contributed by atoms with Gasteiger partial charge in [0.05, 0.1) is 32.1 Å². The number of aliphatic hydroxyl groups excluding tert-OH is 3. The molecule has 0 radical (unpaired) electrons. The number of methoxy groups -OCH3 is 1. The van der Waals surface area contributed by atoms with Crippen molar-refractivity contribution in [2.75, 3.05) is 31.8 Å². The Hall–Kier alpha value is -2.85. The van der Waals surface area contributed by atoms with E-state index in [4.69, 9.17) is 14.2 Å². The monoisotopic (exact) mass is 652 g/mol. The maximum absolute atomic E-state index is 14.7. The van der Waals surface area contributed by atoms with Crippen molar-refractivity contribution < 1.29 is 43.1 Å². The lowest BCUT2D eigenvalue weighted by molar-refractivity contribution is -0.211. The normalized spacial score (nSPS) is 27.8. The van der Waals surface area contributed by atoms with Crippen LogP contribution in [0, 0.1) is 25.5 Å². The van der Waals surface area contributed by atoms with Crippen molar-refractivity contribution in [3.63, 3.8) is 0 Å². The van der Waals surface area contributed by atoms with E-state index in [1.807, 2.05) is 13.0 Å². The number of amides is 1. The standard InChI is InChI=1S/C28H31BrF2N4O7/c1-13-6-15(29)8-16(7-13)35(19-11-41-12-20(19)37)28(39)27-26(40-3)24(25(38)21(10-36)42-27)34-9-18(32-33-34)17-5-4-14(2)22(30)23(17)31/h4-9,19-21,24-27,36-38H,10-12H2,1-3H3/t19-,20-,21?,24?,25?,26?,27?/m1/s1. The van der Waals surface area contributed by atoms with E-state index in [9.17, 15) is 28.9 Å². The number of aromatic nitrogens is 3. The molecule has 2 aromatic carbocycles. The second-order valence-electron chi connectivity index (χ2n) is 10.5. The number of anilines is 1. The maximum Gasteiger partial charge on any atom is 0.259 e. The zero-order valence-corrected chi connectivity index (χ0v) is 24.6. The molecule has 14 heteroatoms. The molecule has 1 amide bonds. The Bertz CT molecular complexity index is 1440. The van der Waals surface area contributed by atoms with Gasteiger partial charge in [0.15, 0.2) is 17.7 Å². The van der Waals surface area contributed by atoms with Gasteiger partial charge >= 0.3 is 0 Å². The predicted molar refractivity (Wildman–Crippen MR) is 149 cm³/mol. The quantitative estimate of drug-likeness (QED) is 0.350. The first-order valence-electron chi connectivity index (χ1n) is 13.3. The molecular formula is C28H31BrF2N4O7. The number of nitrogens with zero attached hydrogens (tertiary/aromatic N) is 4. The van der Waals surface area contributed by atoms with E-state index in [0.29, 0.717) is 10.2 Å². The third kappa shape index (κ3) is 5.60. The Morgan fingerprint density at radius 1 is 1.19 bits per heavy atom. The summed E-state index contributed by atoms with van der Waals surface area (Å²) in [6, 6.07) is 6.23. The van der Waals surface area contributed by atoms with Crippen molar-refractivity contribution in [2.24, 2.45) is 0 Å². The van der Waals surface area contributed by atoms with Gasteiger partial charge in [-0.15, -0.1) is 5.10 Å². The fraction of sp³-hybridized carbons (Fsp3) is 0.464. The molecular weight excluding hydrogens is 622 g/mol. The van der Waals surface area contributed by atoms with Crippen LogP contribution in [0.1, 0.15) is 17.2 Å². The number of carbonyl (C=O) groups is 1. The van der Waals surface area contributed by atoms with E-state index in [-0.39, 0.29) is 30.0 Å². The summed E-state index contributed by atoms with van der Waals surface area (Å²) >= 11 is 3.46. The second-order valence-corrected chi connectivity index (χ2v) is 11.4. The van der Waals surface area contributed by atoms with Crippen molar-refractivity contribution in [3.05, 3.63) is 63.8 Å². The average molecular weight is 653 g/mol. The highest BCUT2D eigenvalue weighted by Crippen LogP contribution is 2.36. The number of halogens is 3. The maximum atomic E-state index is 14.7. The lowest BCUT2D eigenvalue weighted by Gasteiger charge is -2.45. The number of rotatable bonds is 7. The van der Waals surface area contributed by atoms with Crippen LogP contribution in [-0.4, -0.2) is 99.7 Å². The molecule has 1 aromatic heterocycles. The molecule has 2 fully saturated rings. The van der Waals surface area contributed by atoms with Crippen LogP contribution in [0.25, 0.3) is 11.3 Å². The predicted octanol–water partition coefficient (Wildman–Crippen LogP) is 2.07. The van der Waals surface area contributed by atoms with E-state index in [1.54, 1.807) is 12.1 Å². The summed E-state index contributed by atoms with van der Waals surface area (Å²) in [6.45, 7) is 2.72. The molecule has 5 unspecified atom stereocenters. The molecule has 0 spiro atoms. The summed E-state index contributed by atoms with van der Waals surface area (Å²) in [4.78, 5) is 15.7. The summed E-state index contributed by atoms with van der Waals surface area (Å²) in [5, 5.41) is 40.0. The number of benzene rings is 2. The van der Waals surface area contributed by atoms with Crippen LogP contribution in [0.15, 0.2) is 41.0 Å². The Labute approximate surface area is 248 Å². The first-order valence-corrected chi connectivity index (χ1v) is 14.0. The fourth-order valence-electron chi connectivity index (χ4n) is 5.50. The largest absolute Gasteiger partial charge is 0.394 e. The minimum absolute atomic E-state index is 0.0131. The van der Waals surface area contributed by atoms with Gasteiger partial charge in [-0.3, -0.25) is 4.79 Å². The highest BCUT2D eigenvalue weighted by Gasteiger charge is 2.52. The van der Waals surface area contributed by atoms with Crippen molar-refractivity contribution in [1.29, 1.82) is 0 Å². The first kappa shape index (κ1) is 30.6. The molecule has 0 saturated carbocycles. The SMILES string of the molecule is COC1C(C(=O)N(c2cc(C)cc(Br)c2)[C@@H]2COC[C@H]2O)OC(CO)C(O)C1n1cc(-c2ccc(C)c(F)c2F)nn1. The smallest absolute Gasteiger partial charge is 0.259 e. The Morgan fingerprint density at radius 2 is 1.95 bits per heavy atom. The number of ether oxygens (including phenoxy) is 3. The molecule has 3 heterocycles. The topological polar surface area (TPSA) is 139 Å². The zero-order chi connectivity index (χ0) is 30.3. The molecule has 0 aliphatic carbocycles. The van der Waals surface area contributed by atoms with Gasteiger partial charge in [0.1, 0.15) is 36.2 Å². The Balaban J connectivity index is 1.55. The molecule has 0 bridgehead atoms. The summed E-state index contributed by atoms with van der Waals surface area (Å²) < 4.78 is 48.0. The molecule has 3 aromatic rings. The van der Waals surface area contributed by atoms with Gasteiger partial charge in [-0.2, -0.15) is 0 Å². The van der Waals surface area contributed by atoms with Crippen molar-refractivity contribution in [2.45, 2.75) is 56.5 Å². The number of aliphatic hydroxyl groups is 3. The average Bonchev–Trinajstić information content (AvgIpc) is 3.60. The highest BCUT2D eigenvalue weighted by molar-refractivity contribution is 9.10. The molecule has 5 rings (SSSR count). The highest BCUT2D eigenvalue weighted by atomic mass is 79.9. The zero-order valence-electron chi connectivity index (χ0n) is 23.0. The van der Waals surface area contributed by atoms with Crippen LogP contribution < -0.4 is 4.90 Å². The number of hydrogen-bond donors (Lipinski definition) is 3. The molecule has 11 nitrogen and oxygen atoms in total. The van der Waals surface area contributed by atoms with Gasteiger partial charge in [-0.05, 0) is 49.2 Å². The number of carbonyl (C=O) groups excluding carboxylic acids is 1. The lowest BCUT2D eigenvalue weighted by atomic mass is 9.91. The third-order valence-corrected chi connectivity index (χ3v) is 8.10. The van der Waals surface area contributed by atoms with Crippen molar-refractivity contribution in [1.82, 2.24) is 15.0 Å². The van der Waals surface area contributed by atoms with Crippen LogP contribution in [0.5, 0.6) is 0 Å². The molecule has 3 N–H and O–H groups in total. The van der Waals surface area contributed by atoms with E-state index in [0.717, 1.165) is 5.56 Å². The van der Waals surface area contributed by atoms with Gasteiger partial charge in [0, 0.05) is 22.8 Å². The van der Waals surface area contributed by atoms with Crippen LogP contribution in [0.4, 0.5) is 14.5 Å². The number of aryl methyl sites for hydroxylation is 2.